The van der Waals surface area contributed by atoms with E-state index in [1.807, 2.05) is 0 Å². The largest absolute Gasteiger partial charge is 0.481 e. The SMILES string of the molecule is O=C(O)C1CCCCC1NC1CCC1. The lowest BCUT2D eigenvalue weighted by molar-refractivity contribution is -0.144. The molecule has 2 unspecified atom stereocenters. The van der Waals surface area contributed by atoms with Gasteiger partial charge in [-0.2, -0.15) is 0 Å². The van der Waals surface area contributed by atoms with Crippen LogP contribution in [0.25, 0.3) is 0 Å². The molecule has 0 amide bonds. The van der Waals surface area contributed by atoms with Crippen molar-refractivity contribution in [1.29, 1.82) is 0 Å². The van der Waals surface area contributed by atoms with E-state index in [0.717, 1.165) is 19.3 Å². The first-order valence-electron chi connectivity index (χ1n) is 5.76. The summed E-state index contributed by atoms with van der Waals surface area (Å²) in [6.07, 6.45) is 7.97. The van der Waals surface area contributed by atoms with Crippen molar-refractivity contribution >= 4 is 5.97 Å². The monoisotopic (exact) mass is 197 g/mol. The summed E-state index contributed by atoms with van der Waals surface area (Å²) < 4.78 is 0. The maximum absolute atomic E-state index is 11.0. The molecule has 14 heavy (non-hydrogen) atoms. The van der Waals surface area contributed by atoms with Gasteiger partial charge in [0.1, 0.15) is 0 Å². The van der Waals surface area contributed by atoms with E-state index in [-0.39, 0.29) is 12.0 Å². The number of rotatable bonds is 3. The van der Waals surface area contributed by atoms with Gasteiger partial charge < -0.3 is 10.4 Å². The minimum atomic E-state index is -0.610. The molecule has 2 saturated carbocycles. The normalized spacial score (nSPS) is 33.7. The number of aliphatic carboxylic acids is 1. The summed E-state index contributed by atoms with van der Waals surface area (Å²) in [6.45, 7) is 0. The zero-order valence-corrected chi connectivity index (χ0v) is 8.54. The van der Waals surface area contributed by atoms with Gasteiger partial charge in [0, 0.05) is 12.1 Å². The highest BCUT2D eigenvalue weighted by Gasteiger charge is 2.33. The van der Waals surface area contributed by atoms with Crippen molar-refractivity contribution in [1.82, 2.24) is 5.32 Å². The molecule has 2 atom stereocenters. The van der Waals surface area contributed by atoms with E-state index in [4.69, 9.17) is 5.11 Å². The van der Waals surface area contributed by atoms with Crippen LogP contribution in [0, 0.1) is 5.92 Å². The van der Waals surface area contributed by atoms with Crippen molar-refractivity contribution in [3.63, 3.8) is 0 Å². The average molecular weight is 197 g/mol. The Balaban J connectivity index is 1.88. The predicted molar refractivity (Wildman–Crippen MR) is 54.2 cm³/mol. The van der Waals surface area contributed by atoms with Crippen LogP contribution in [0.5, 0.6) is 0 Å². The zero-order valence-electron chi connectivity index (χ0n) is 8.54. The molecule has 2 aliphatic rings. The van der Waals surface area contributed by atoms with Crippen molar-refractivity contribution in [3.05, 3.63) is 0 Å². The van der Waals surface area contributed by atoms with E-state index >= 15 is 0 Å². The van der Waals surface area contributed by atoms with Gasteiger partial charge in [-0.15, -0.1) is 0 Å². The number of nitrogens with one attached hydrogen (secondary N) is 1. The predicted octanol–water partition coefficient (Wildman–Crippen LogP) is 1.77. The lowest BCUT2D eigenvalue weighted by Gasteiger charge is -2.36. The van der Waals surface area contributed by atoms with Crippen molar-refractivity contribution in [2.45, 2.75) is 57.0 Å². The highest BCUT2D eigenvalue weighted by Crippen LogP contribution is 2.27. The Labute approximate surface area is 84.9 Å². The molecule has 0 aromatic carbocycles. The van der Waals surface area contributed by atoms with Gasteiger partial charge >= 0.3 is 5.97 Å². The summed E-state index contributed by atoms with van der Waals surface area (Å²) in [5.74, 6) is -0.745. The Morgan fingerprint density at radius 1 is 1.07 bits per heavy atom. The van der Waals surface area contributed by atoms with Crippen LogP contribution < -0.4 is 5.32 Å². The topological polar surface area (TPSA) is 49.3 Å². The van der Waals surface area contributed by atoms with Crippen molar-refractivity contribution in [3.8, 4) is 0 Å². The first-order valence-corrected chi connectivity index (χ1v) is 5.76. The zero-order chi connectivity index (χ0) is 9.97. The Morgan fingerprint density at radius 2 is 1.79 bits per heavy atom. The molecule has 0 radical (unpaired) electrons. The smallest absolute Gasteiger partial charge is 0.308 e. The molecule has 0 saturated heterocycles. The highest BCUT2D eigenvalue weighted by molar-refractivity contribution is 5.71. The standard InChI is InChI=1S/C11H19NO2/c13-11(14)9-6-1-2-7-10(9)12-8-4-3-5-8/h8-10,12H,1-7H2,(H,13,14). The molecule has 3 nitrogen and oxygen atoms in total. The van der Waals surface area contributed by atoms with Crippen LogP contribution in [0.4, 0.5) is 0 Å². The molecule has 2 fully saturated rings. The molecule has 0 bridgehead atoms. The van der Waals surface area contributed by atoms with Crippen LogP contribution in [-0.4, -0.2) is 23.2 Å². The minimum absolute atomic E-state index is 0.135. The van der Waals surface area contributed by atoms with Gasteiger partial charge in [0.15, 0.2) is 0 Å². The fourth-order valence-corrected chi connectivity index (χ4v) is 2.50. The molecule has 2 aliphatic carbocycles. The third-order valence-corrected chi connectivity index (χ3v) is 3.64. The minimum Gasteiger partial charge on any atom is -0.481 e. The molecule has 3 heteroatoms. The summed E-state index contributed by atoms with van der Waals surface area (Å²) in [5, 5.41) is 12.6. The summed E-state index contributed by atoms with van der Waals surface area (Å²) in [4.78, 5) is 11.0. The van der Waals surface area contributed by atoms with Crippen LogP contribution in [0.3, 0.4) is 0 Å². The van der Waals surface area contributed by atoms with Crippen LogP contribution in [0.2, 0.25) is 0 Å². The van der Waals surface area contributed by atoms with E-state index in [1.165, 1.54) is 25.7 Å². The average Bonchev–Trinajstić information content (AvgIpc) is 2.12. The van der Waals surface area contributed by atoms with Crippen molar-refractivity contribution < 1.29 is 9.90 Å². The van der Waals surface area contributed by atoms with Crippen LogP contribution >= 0.6 is 0 Å². The maximum atomic E-state index is 11.0. The van der Waals surface area contributed by atoms with Crippen molar-refractivity contribution in [2.24, 2.45) is 5.92 Å². The number of hydrogen-bond acceptors (Lipinski definition) is 2. The second-order valence-corrected chi connectivity index (χ2v) is 4.63. The summed E-state index contributed by atoms with van der Waals surface area (Å²) >= 11 is 0. The van der Waals surface area contributed by atoms with Gasteiger partial charge in [-0.3, -0.25) is 4.79 Å². The molecular formula is C11H19NO2. The molecule has 0 aromatic heterocycles. The summed E-state index contributed by atoms with van der Waals surface area (Å²) in [7, 11) is 0. The van der Waals surface area contributed by atoms with Gasteiger partial charge in [0.2, 0.25) is 0 Å². The third-order valence-electron chi connectivity index (χ3n) is 3.64. The Morgan fingerprint density at radius 3 is 2.36 bits per heavy atom. The quantitative estimate of drug-likeness (QED) is 0.725. The van der Waals surface area contributed by atoms with Gasteiger partial charge in [-0.25, -0.2) is 0 Å². The molecule has 2 N–H and O–H groups in total. The maximum Gasteiger partial charge on any atom is 0.308 e. The fraction of sp³-hybridized carbons (Fsp3) is 0.909. The van der Waals surface area contributed by atoms with Crippen LogP contribution in [0.1, 0.15) is 44.9 Å². The lowest BCUT2D eigenvalue weighted by Crippen LogP contribution is -2.49. The molecule has 0 heterocycles. The Hall–Kier alpha value is -0.570. The Bertz CT molecular complexity index is 213. The summed E-state index contributed by atoms with van der Waals surface area (Å²) in [5.41, 5.74) is 0. The number of carbonyl (C=O) groups is 1. The molecule has 0 aromatic rings. The van der Waals surface area contributed by atoms with E-state index in [9.17, 15) is 4.79 Å². The Kier molecular flexibility index (Phi) is 3.06. The molecule has 80 valence electrons. The van der Waals surface area contributed by atoms with E-state index in [2.05, 4.69) is 5.32 Å². The fourth-order valence-electron chi connectivity index (χ4n) is 2.50. The second kappa shape index (κ2) is 4.30. The van der Waals surface area contributed by atoms with E-state index < -0.39 is 5.97 Å². The molecule has 0 spiro atoms. The van der Waals surface area contributed by atoms with E-state index in [1.54, 1.807) is 0 Å². The van der Waals surface area contributed by atoms with Gasteiger partial charge in [-0.1, -0.05) is 19.3 Å². The second-order valence-electron chi connectivity index (χ2n) is 4.63. The third kappa shape index (κ3) is 2.08. The van der Waals surface area contributed by atoms with Gasteiger partial charge in [-0.05, 0) is 25.7 Å². The van der Waals surface area contributed by atoms with Crippen molar-refractivity contribution in [2.75, 3.05) is 0 Å². The first kappa shape index (κ1) is 9.97. The molecular weight excluding hydrogens is 178 g/mol. The van der Waals surface area contributed by atoms with Gasteiger partial charge in [0.05, 0.1) is 5.92 Å². The summed E-state index contributed by atoms with van der Waals surface area (Å²) in [6, 6.07) is 0.853. The molecule has 0 aliphatic heterocycles. The highest BCUT2D eigenvalue weighted by atomic mass is 16.4. The molecule has 2 rings (SSSR count). The number of hydrogen-bond donors (Lipinski definition) is 2. The number of carboxylic acids is 1. The van der Waals surface area contributed by atoms with Gasteiger partial charge in [0.25, 0.3) is 0 Å². The number of carboxylic acid groups (broad SMARTS) is 1. The van der Waals surface area contributed by atoms with Crippen LogP contribution in [-0.2, 0) is 4.79 Å². The first-order chi connectivity index (χ1) is 6.77. The lowest BCUT2D eigenvalue weighted by atomic mass is 9.82. The van der Waals surface area contributed by atoms with E-state index in [0.29, 0.717) is 6.04 Å². The van der Waals surface area contributed by atoms with Crippen LogP contribution in [0.15, 0.2) is 0 Å².